The number of ether oxygens (including phenoxy) is 4. The summed E-state index contributed by atoms with van der Waals surface area (Å²) >= 11 is 22.5. The topological polar surface area (TPSA) is 132 Å². The number of halogens is 4. The van der Waals surface area contributed by atoms with Gasteiger partial charge in [0.1, 0.15) is 24.4 Å². The van der Waals surface area contributed by atoms with E-state index in [0.717, 1.165) is 12.0 Å². The van der Waals surface area contributed by atoms with Gasteiger partial charge in [-0.25, -0.2) is 9.59 Å². The van der Waals surface area contributed by atoms with E-state index in [1.165, 1.54) is 13.0 Å². The molecule has 2 aliphatic heterocycles. The minimum atomic E-state index is -1.54. The van der Waals surface area contributed by atoms with Crippen molar-refractivity contribution < 1.29 is 43.5 Å². The fourth-order valence-electron chi connectivity index (χ4n) is 5.32. The highest BCUT2D eigenvalue weighted by molar-refractivity contribution is 6.53. The van der Waals surface area contributed by atoms with E-state index >= 15 is 0 Å². The van der Waals surface area contributed by atoms with Crippen LogP contribution in [0.4, 0.5) is 0 Å². The average molecular weight is 717 g/mol. The molecule has 0 saturated carbocycles. The van der Waals surface area contributed by atoms with E-state index < -0.39 is 51.5 Å². The summed E-state index contributed by atoms with van der Waals surface area (Å²) in [5, 5.41) is 21.5. The van der Waals surface area contributed by atoms with Crippen LogP contribution in [-0.4, -0.2) is 80.0 Å². The second-order valence-electron chi connectivity index (χ2n) is 12.2. The van der Waals surface area contributed by atoms with Crippen LogP contribution in [0.25, 0.3) is 0 Å². The maximum atomic E-state index is 13.0. The van der Waals surface area contributed by atoms with E-state index in [1.54, 1.807) is 6.08 Å². The summed E-state index contributed by atoms with van der Waals surface area (Å²) in [4.78, 5) is 34.2. The second kappa shape index (κ2) is 18.3. The van der Waals surface area contributed by atoms with E-state index in [2.05, 4.69) is 6.92 Å². The Bertz CT molecular complexity index is 1090. The summed E-state index contributed by atoms with van der Waals surface area (Å²) in [7, 11) is 0. The quantitative estimate of drug-likeness (QED) is 0.0609. The Morgan fingerprint density at radius 2 is 1.80 bits per heavy atom. The van der Waals surface area contributed by atoms with Crippen molar-refractivity contribution in [1.82, 2.24) is 0 Å². The van der Waals surface area contributed by atoms with Crippen LogP contribution in [0.15, 0.2) is 36.0 Å². The van der Waals surface area contributed by atoms with Crippen LogP contribution in [-0.2, 0) is 33.3 Å². The SMILES string of the molecule is CC[C@H](OC(=O)C(Cl)Cl)[C@@H](C)[C@H]1O[C@@H]1C[C@H](C)/C=C/C=C(\C)[C@H]1OC(=O)C[C@H](OC(=O)C(Cl)Cl)CC[C@@](C)(O)[C@@H](O)/C=C/[C@@H]1C. The van der Waals surface area contributed by atoms with Gasteiger partial charge < -0.3 is 29.2 Å². The standard InChI is InChI=1S/C32H46Cl4O9/c1-7-22(44-31(40)29(35)36)20(5)27-23(43-27)15-17(2)9-8-10-18(3)26-19(4)11-12-24(37)32(6,41)14-13-21(16-25(38)45-26)42-30(39)28(33)34/h8-12,17,19-24,26-29,37,41H,7,13-16H2,1-6H3/b9-8+,12-11+,18-10+/t17-,19+,20-,21-,22+,23-,24+,26-,27-,32-/m1/s1. The number of hydrogen-bond donors (Lipinski definition) is 2. The molecule has 0 unspecified atom stereocenters. The third-order valence-corrected chi connectivity index (χ3v) is 8.94. The Morgan fingerprint density at radius 1 is 1.16 bits per heavy atom. The molecule has 0 bridgehead atoms. The monoisotopic (exact) mass is 714 g/mol. The number of cyclic esters (lactones) is 1. The molecule has 256 valence electrons. The first-order chi connectivity index (χ1) is 21.0. The van der Waals surface area contributed by atoms with E-state index in [9.17, 15) is 24.6 Å². The van der Waals surface area contributed by atoms with Gasteiger partial charge in [0.15, 0.2) is 0 Å². The van der Waals surface area contributed by atoms with E-state index in [0.29, 0.717) is 6.42 Å². The van der Waals surface area contributed by atoms with Gasteiger partial charge in [-0.15, -0.1) is 0 Å². The highest BCUT2D eigenvalue weighted by atomic mass is 35.5. The van der Waals surface area contributed by atoms with Gasteiger partial charge in [-0.1, -0.05) is 104 Å². The van der Waals surface area contributed by atoms with Crippen molar-refractivity contribution in [2.24, 2.45) is 17.8 Å². The van der Waals surface area contributed by atoms with Crippen molar-refractivity contribution in [3.05, 3.63) is 36.0 Å². The number of alkyl halides is 4. The number of epoxide rings is 1. The van der Waals surface area contributed by atoms with Crippen LogP contribution in [0.1, 0.15) is 73.6 Å². The summed E-state index contributed by atoms with van der Waals surface area (Å²) in [6.07, 6.45) is 6.96. The Hall–Kier alpha value is -1.33. The van der Waals surface area contributed by atoms with E-state index in [4.69, 9.17) is 65.4 Å². The number of aliphatic hydroxyl groups is 2. The van der Waals surface area contributed by atoms with Gasteiger partial charge in [-0.3, -0.25) is 4.79 Å². The van der Waals surface area contributed by atoms with Crippen LogP contribution in [0, 0.1) is 17.8 Å². The number of aliphatic hydroxyl groups excluding tert-OH is 1. The largest absolute Gasteiger partial charge is 0.460 e. The molecule has 0 aromatic carbocycles. The predicted octanol–water partition coefficient (Wildman–Crippen LogP) is 6.16. The molecule has 0 amide bonds. The normalized spacial score (nSPS) is 32.7. The molecule has 0 aromatic rings. The lowest BCUT2D eigenvalue weighted by atomic mass is 9.89. The van der Waals surface area contributed by atoms with Crippen LogP contribution in [0.5, 0.6) is 0 Å². The number of rotatable bonds is 12. The number of esters is 3. The van der Waals surface area contributed by atoms with Gasteiger partial charge in [-0.2, -0.15) is 0 Å². The summed E-state index contributed by atoms with van der Waals surface area (Å²) in [5.41, 5.74) is -0.789. The van der Waals surface area contributed by atoms with Crippen molar-refractivity contribution >= 4 is 64.3 Å². The molecule has 45 heavy (non-hydrogen) atoms. The third-order valence-electron chi connectivity index (χ3n) is 8.22. The Labute approximate surface area is 286 Å². The lowest BCUT2D eigenvalue weighted by molar-refractivity contribution is -0.158. The molecule has 2 heterocycles. The van der Waals surface area contributed by atoms with Crippen molar-refractivity contribution in [2.75, 3.05) is 0 Å². The molecule has 2 N–H and O–H groups in total. The van der Waals surface area contributed by atoms with Crippen molar-refractivity contribution in [3.63, 3.8) is 0 Å². The Balaban J connectivity index is 2.09. The van der Waals surface area contributed by atoms with Gasteiger partial charge in [0.2, 0.25) is 9.67 Å². The fourth-order valence-corrected chi connectivity index (χ4v) is 5.52. The van der Waals surface area contributed by atoms with E-state index in [1.807, 2.05) is 45.9 Å². The average Bonchev–Trinajstić information content (AvgIpc) is 3.73. The number of allylic oxidation sites excluding steroid dienone is 3. The molecular weight excluding hydrogens is 670 g/mol. The molecule has 1 fully saturated rings. The van der Waals surface area contributed by atoms with E-state index in [-0.39, 0.29) is 55.3 Å². The predicted molar refractivity (Wildman–Crippen MR) is 174 cm³/mol. The zero-order chi connectivity index (χ0) is 34.1. The number of carbonyl (C=O) groups excluding carboxylic acids is 3. The summed E-state index contributed by atoms with van der Waals surface area (Å²) < 4.78 is 22.5. The molecule has 2 aliphatic rings. The highest BCUT2D eigenvalue weighted by Gasteiger charge is 2.46. The smallest absolute Gasteiger partial charge is 0.339 e. The number of carbonyl (C=O) groups is 3. The van der Waals surface area contributed by atoms with Gasteiger partial charge in [-0.05, 0) is 51.0 Å². The zero-order valence-electron chi connectivity index (χ0n) is 26.5. The molecule has 0 aliphatic carbocycles. The number of hydrogen-bond acceptors (Lipinski definition) is 9. The third kappa shape index (κ3) is 13.0. The van der Waals surface area contributed by atoms with Gasteiger partial charge in [0.25, 0.3) is 0 Å². The first-order valence-corrected chi connectivity index (χ1v) is 17.0. The minimum Gasteiger partial charge on any atom is -0.460 e. The van der Waals surface area contributed by atoms with Crippen LogP contribution < -0.4 is 0 Å². The van der Waals surface area contributed by atoms with Crippen LogP contribution in [0.3, 0.4) is 0 Å². The molecule has 13 heteroatoms. The molecule has 0 radical (unpaired) electrons. The van der Waals surface area contributed by atoms with Crippen molar-refractivity contribution in [3.8, 4) is 0 Å². The highest BCUT2D eigenvalue weighted by Crippen LogP contribution is 2.37. The van der Waals surface area contributed by atoms with Gasteiger partial charge >= 0.3 is 17.9 Å². The molecule has 0 spiro atoms. The summed E-state index contributed by atoms with van der Waals surface area (Å²) in [6, 6.07) is 0. The van der Waals surface area contributed by atoms with Crippen LogP contribution in [0.2, 0.25) is 0 Å². The Morgan fingerprint density at radius 3 is 2.40 bits per heavy atom. The first-order valence-electron chi connectivity index (χ1n) is 15.2. The summed E-state index contributed by atoms with van der Waals surface area (Å²) in [6.45, 7) is 11.1. The Kier molecular flexibility index (Phi) is 16.2. The minimum absolute atomic E-state index is 0.0173. The maximum absolute atomic E-state index is 13.0. The van der Waals surface area contributed by atoms with Gasteiger partial charge in [0, 0.05) is 11.8 Å². The zero-order valence-corrected chi connectivity index (χ0v) is 29.6. The first kappa shape index (κ1) is 39.8. The second-order valence-corrected chi connectivity index (χ2v) is 14.4. The summed E-state index contributed by atoms with van der Waals surface area (Å²) in [5.74, 6) is -2.38. The lowest BCUT2D eigenvalue weighted by Gasteiger charge is -2.31. The molecule has 2 rings (SSSR count). The molecule has 9 nitrogen and oxygen atoms in total. The van der Waals surface area contributed by atoms with Gasteiger partial charge in [0.05, 0.1) is 24.2 Å². The maximum Gasteiger partial charge on any atom is 0.339 e. The van der Waals surface area contributed by atoms with Crippen molar-refractivity contribution in [1.29, 1.82) is 0 Å². The van der Waals surface area contributed by atoms with Crippen molar-refractivity contribution in [2.45, 2.75) is 126 Å². The molecule has 10 atom stereocenters. The fraction of sp³-hybridized carbons (Fsp3) is 0.719. The molecule has 1 saturated heterocycles. The molecule has 0 aromatic heterocycles. The van der Waals surface area contributed by atoms with Crippen LogP contribution >= 0.6 is 46.4 Å². The molecular formula is C32H46Cl4O9. The lowest BCUT2D eigenvalue weighted by Crippen LogP contribution is -2.40.